The highest BCUT2D eigenvalue weighted by Crippen LogP contribution is 2.11. The van der Waals surface area contributed by atoms with E-state index in [2.05, 4.69) is 5.32 Å². The Labute approximate surface area is 124 Å². The van der Waals surface area contributed by atoms with Gasteiger partial charge in [0.25, 0.3) is 5.56 Å². The molecule has 0 atom stereocenters. The molecule has 1 heterocycles. The summed E-state index contributed by atoms with van der Waals surface area (Å²) >= 11 is 0. The summed E-state index contributed by atoms with van der Waals surface area (Å²) in [7, 11) is 1.57. The Morgan fingerprint density at radius 3 is 2.64 bits per heavy atom. The van der Waals surface area contributed by atoms with Gasteiger partial charge in [-0.2, -0.15) is 4.39 Å². The first-order chi connectivity index (χ1) is 10.5. The fourth-order valence-corrected chi connectivity index (χ4v) is 1.79. The lowest BCUT2D eigenvalue weighted by Gasteiger charge is -2.07. The van der Waals surface area contributed by atoms with Crippen LogP contribution >= 0.6 is 0 Å². The molecule has 0 fully saturated rings. The van der Waals surface area contributed by atoms with Crippen molar-refractivity contribution in [2.45, 2.75) is 6.42 Å². The molecule has 2 N–H and O–H groups in total. The van der Waals surface area contributed by atoms with Crippen LogP contribution in [-0.2, 0) is 6.42 Å². The SMILES string of the molecule is COc1ccc(CCNC(=O)n2cc(F)c(=O)[nH]c2=O)cc1. The van der Waals surface area contributed by atoms with Crippen LogP contribution in [0.2, 0.25) is 0 Å². The van der Waals surface area contributed by atoms with Crippen molar-refractivity contribution in [1.82, 2.24) is 14.9 Å². The molecule has 7 nitrogen and oxygen atoms in total. The minimum absolute atomic E-state index is 0.248. The molecule has 2 aromatic rings. The summed E-state index contributed by atoms with van der Waals surface area (Å²) in [6.07, 6.45) is 1.08. The maximum Gasteiger partial charge on any atom is 0.336 e. The van der Waals surface area contributed by atoms with Crippen LogP contribution in [-0.4, -0.2) is 29.2 Å². The van der Waals surface area contributed by atoms with Crippen molar-refractivity contribution in [3.05, 3.63) is 62.7 Å². The topological polar surface area (TPSA) is 93.2 Å². The van der Waals surface area contributed by atoms with Crippen LogP contribution in [0, 0.1) is 5.82 Å². The lowest BCUT2D eigenvalue weighted by molar-refractivity contribution is 0.241. The molecular weight excluding hydrogens is 293 g/mol. The highest BCUT2D eigenvalue weighted by atomic mass is 19.1. The Morgan fingerprint density at radius 2 is 2.00 bits per heavy atom. The second-order valence-corrected chi connectivity index (χ2v) is 4.44. The molecule has 0 aliphatic heterocycles. The van der Waals surface area contributed by atoms with Crippen molar-refractivity contribution in [1.29, 1.82) is 0 Å². The second-order valence-electron chi connectivity index (χ2n) is 4.44. The normalized spacial score (nSPS) is 10.3. The third kappa shape index (κ3) is 3.60. The van der Waals surface area contributed by atoms with E-state index in [1.54, 1.807) is 24.2 Å². The number of carbonyl (C=O) groups is 1. The van der Waals surface area contributed by atoms with Gasteiger partial charge in [-0.3, -0.25) is 9.78 Å². The standard InChI is InChI=1S/C14H14FN3O4/c1-22-10-4-2-9(3-5-10)6-7-16-13(20)18-8-11(15)12(19)17-14(18)21/h2-5,8H,6-7H2,1H3,(H,16,20)(H,17,19,21). The van der Waals surface area contributed by atoms with Crippen molar-refractivity contribution in [2.75, 3.05) is 13.7 Å². The maximum atomic E-state index is 13.1. The van der Waals surface area contributed by atoms with E-state index in [-0.39, 0.29) is 6.54 Å². The molecule has 0 aliphatic rings. The summed E-state index contributed by atoms with van der Waals surface area (Å²) in [5.41, 5.74) is -1.19. The number of hydrogen-bond donors (Lipinski definition) is 2. The van der Waals surface area contributed by atoms with Gasteiger partial charge >= 0.3 is 11.7 Å². The molecule has 1 amide bonds. The molecule has 0 saturated heterocycles. The van der Waals surface area contributed by atoms with Crippen molar-refractivity contribution >= 4 is 6.03 Å². The summed E-state index contributed by atoms with van der Waals surface area (Å²) in [6, 6.07) is 6.46. The van der Waals surface area contributed by atoms with Gasteiger partial charge in [0.05, 0.1) is 13.3 Å². The number of ether oxygens (including phenoxy) is 1. The van der Waals surface area contributed by atoms with Gasteiger partial charge in [0.15, 0.2) is 0 Å². The number of methoxy groups -OCH3 is 1. The molecule has 0 aliphatic carbocycles. The van der Waals surface area contributed by atoms with E-state index in [4.69, 9.17) is 4.74 Å². The third-order valence-corrected chi connectivity index (χ3v) is 2.97. The summed E-state index contributed by atoms with van der Waals surface area (Å²) < 4.78 is 18.6. The van der Waals surface area contributed by atoms with Crippen molar-refractivity contribution in [3.63, 3.8) is 0 Å². The lowest BCUT2D eigenvalue weighted by Crippen LogP contribution is -2.41. The lowest BCUT2D eigenvalue weighted by atomic mass is 10.1. The van der Waals surface area contributed by atoms with Crippen LogP contribution in [0.4, 0.5) is 9.18 Å². The van der Waals surface area contributed by atoms with Crippen LogP contribution in [0.25, 0.3) is 0 Å². The summed E-state index contributed by atoms with van der Waals surface area (Å²) in [6.45, 7) is 0.248. The van der Waals surface area contributed by atoms with E-state index in [0.29, 0.717) is 17.2 Å². The monoisotopic (exact) mass is 307 g/mol. The summed E-state index contributed by atoms with van der Waals surface area (Å²) in [5.74, 6) is -0.479. The van der Waals surface area contributed by atoms with Gasteiger partial charge in [-0.25, -0.2) is 14.2 Å². The molecule has 2 rings (SSSR count). The smallest absolute Gasteiger partial charge is 0.336 e. The zero-order valence-electron chi connectivity index (χ0n) is 11.8. The highest BCUT2D eigenvalue weighted by Gasteiger charge is 2.10. The number of rotatable bonds is 4. The second kappa shape index (κ2) is 6.70. The number of nitrogens with zero attached hydrogens (tertiary/aromatic N) is 1. The van der Waals surface area contributed by atoms with Gasteiger partial charge in [-0.05, 0) is 24.1 Å². The molecule has 1 aromatic heterocycles. The quantitative estimate of drug-likeness (QED) is 0.859. The molecule has 1 aromatic carbocycles. The number of nitrogens with one attached hydrogen (secondary N) is 2. The highest BCUT2D eigenvalue weighted by molar-refractivity contribution is 5.76. The fraction of sp³-hybridized carbons (Fsp3) is 0.214. The predicted molar refractivity (Wildman–Crippen MR) is 76.8 cm³/mol. The first-order valence-electron chi connectivity index (χ1n) is 6.44. The Morgan fingerprint density at radius 1 is 1.32 bits per heavy atom. The van der Waals surface area contributed by atoms with E-state index in [0.717, 1.165) is 11.3 Å². The van der Waals surface area contributed by atoms with Crippen molar-refractivity contribution < 1.29 is 13.9 Å². The minimum atomic E-state index is -1.20. The number of aromatic amines is 1. The van der Waals surface area contributed by atoms with Crippen molar-refractivity contribution in [3.8, 4) is 5.75 Å². The molecule has 0 spiro atoms. The maximum absolute atomic E-state index is 13.1. The molecule has 0 saturated carbocycles. The summed E-state index contributed by atoms with van der Waals surface area (Å²) in [4.78, 5) is 35.8. The number of H-pyrrole nitrogens is 1. The average molecular weight is 307 g/mol. The van der Waals surface area contributed by atoms with Crippen LogP contribution in [0.1, 0.15) is 5.56 Å². The zero-order valence-corrected chi connectivity index (χ0v) is 11.8. The van der Waals surface area contributed by atoms with Gasteiger partial charge in [-0.1, -0.05) is 12.1 Å². The van der Waals surface area contributed by atoms with Crippen molar-refractivity contribution in [2.24, 2.45) is 0 Å². The van der Waals surface area contributed by atoms with E-state index in [1.165, 1.54) is 0 Å². The van der Waals surface area contributed by atoms with Crippen LogP contribution < -0.4 is 21.3 Å². The number of amides is 1. The Balaban J connectivity index is 1.96. The fourth-order valence-electron chi connectivity index (χ4n) is 1.79. The van der Waals surface area contributed by atoms with Gasteiger partial charge in [0.2, 0.25) is 5.82 Å². The first-order valence-corrected chi connectivity index (χ1v) is 6.44. The number of halogens is 1. The molecule has 0 bridgehead atoms. The number of carbonyl (C=O) groups excluding carboxylic acids is 1. The van der Waals surface area contributed by atoms with Gasteiger partial charge in [0.1, 0.15) is 5.75 Å². The first kappa shape index (κ1) is 15.5. The summed E-state index contributed by atoms with van der Waals surface area (Å²) in [5, 5.41) is 2.47. The molecular formula is C14H14FN3O4. The largest absolute Gasteiger partial charge is 0.497 e. The molecule has 0 unspecified atom stereocenters. The van der Waals surface area contributed by atoms with Crippen LogP contribution in [0.5, 0.6) is 5.75 Å². The Hall–Kier alpha value is -2.90. The van der Waals surface area contributed by atoms with Crippen LogP contribution in [0.3, 0.4) is 0 Å². The molecule has 0 radical (unpaired) electrons. The molecule has 8 heteroatoms. The zero-order chi connectivity index (χ0) is 16.1. The van der Waals surface area contributed by atoms with E-state index in [9.17, 15) is 18.8 Å². The van der Waals surface area contributed by atoms with E-state index < -0.39 is 23.1 Å². The predicted octanol–water partition coefficient (Wildman–Crippen LogP) is 0.485. The number of benzene rings is 1. The van der Waals surface area contributed by atoms with E-state index >= 15 is 0 Å². The van der Waals surface area contributed by atoms with E-state index in [1.807, 2.05) is 12.1 Å². The minimum Gasteiger partial charge on any atom is -0.497 e. The van der Waals surface area contributed by atoms with Gasteiger partial charge in [0, 0.05) is 6.54 Å². The Kier molecular flexibility index (Phi) is 4.72. The average Bonchev–Trinajstić information content (AvgIpc) is 2.51. The molecule has 22 heavy (non-hydrogen) atoms. The molecule has 116 valence electrons. The van der Waals surface area contributed by atoms with Gasteiger partial charge < -0.3 is 10.1 Å². The number of aromatic nitrogens is 2. The van der Waals surface area contributed by atoms with Crippen LogP contribution in [0.15, 0.2) is 40.1 Å². The third-order valence-electron chi connectivity index (χ3n) is 2.97. The number of hydrogen-bond acceptors (Lipinski definition) is 4. The van der Waals surface area contributed by atoms with Gasteiger partial charge in [-0.15, -0.1) is 0 Å². The Bertz CT molecular complexity index is 780.